The first-order valence-corrected chi connectivity index (χ1v) is 6.29. The standard InChI is InChI=1S/C13H27NO2/c1-6-7-9-16-10-8-14(5)13(11(2)3)12(4)15/h11,13H,6-10H2,1-5H3/t13-/m0/s1. The van der Waals surface area contributed by atoms with Crippen LogP contribution in [0.15, 0.2) is 0 Å². The fourth-order valence-corrected chi connectivity index (χ4v) is 1.98. The highest BCUT2D eigenvalue weighted by Gasteiger charge is 2.22. The first-order chi connectivity index (χ1) is 7.50. The average Bonchev–Trinajstić information content (AvgIpc) is 2.16. The van der Waals surface area contributed by atoms with Crippen LogP contribution in [0.5, 0.6) is 0 Å². The van der Waals surface area contributed by atoms with E-state index in [0.29, 0.717) is 12.5 Å². The van der Waals surface area contributed by atoms with Crippen LogP contribution in [0.3, 0.4) is 0 Å². The van der Waals surface area contributed by atoms with Gasteiger partial charge >= 0.3 is 0 Å². The summed E-state index contributed by atoms with van der Waals surface area (Å²) < 4.78 is 5.50. The molecule has 0 saturated heterocycles. The summed E-state index contributed by atoms with van der Waals surface area (Å²) in [6.07, 6.45) is 2.28. The van der Waals surface area contributed by atoms with Crippen LogP contribution in [-0.4, -0.2) is 43.5 Å². The van der Waals surface area contributed by atoms with Crippen molar-refractivity contribution < 1.29 is 9.53 Å². The lowest BCUT2D eigenvalue weighted by Gasteiger charge is -2.28. The van der Waals surface area contributed by atoms with E-state index in [0.717, 1.165) is 26.0 Å². The number of unbranched alkanes of at least 4 members (excludes halogenated alkanes) is 1. The maximum atomic E-state index is 11.5. The number of carbonyl (C=O) groups excluding carboxylic acids is 1. The Balaban J connectivity index is 3.84. The molecule has 0 fully saturated rings. The van der Waals surface area contributed by atoms with Crippen LogP contribution in [0.1, 0.15) is 40.5 Å². The Hall–Kier alpha value is -0.410. The Labute approximate surface area is 100 Å². The van der Waals surface area contributed by atoms with Gasteiger partial charge in [0.1, 0.15) is 5.78 Å². The van der Waals surface area contributed by atoms with Crippen molar-refractivity contribution in [1.29, 1.82) is 0 Å². The fourth-order valence-electron chi connectivity index (χ4n) is 1.98. The summed E-state index contributed by atoms with van der Waals surface area (Å²) >= 11 is 0. The first-order valence-electron chi connectivity index (χ1n) is 6.29. The minimum absolute atomic E-state index is 0.0229. The third kappa shape index (κ3) is 6.23. The van der Waals surface area contributed by atoms with E-state index in [1.165, 1.54) is 0 Å². The van der Waals surface area contributed by atoms with Gasteiger partial charge < -0.3 is 4.74 Å². The van der Waals surface area contributed by atoms with Crippen LogP contribution >= 0.6 is 0 Å². The maximum Gasteiger partial charge on any atom is 0.147 e. The van der Waals surface area contributed by atoms with E-state index in [-0.39, 0.29) is 11.8 Å². The summed E-state index contributed by atoms with van der Waals surface area (Å²) in [6, 6.07) is 0.0229. The van der Waals surface area contributed by atoms with Crippen molar-refractivity contribution in [1.82, 2.24) is 4.90 Å². The molecule has 0 aromatic carbocycles. The minimum atomic E-state index is 0.0229. The van der Waals surface area contributed by atoms with Gasteiger partial charge in [-0.15, -0.1) is 0 Å². The Morgan fingerprint density at radius 3 is 2.38 bits per heavy atom. The predicted molar refractivity (Wildman–Crippen MR) is 67.7 cm³/mol. The highest BCUT2D eigenvalue weighted by Crippen LogP contribution is 2.09. The number of ketones is 1. The van der Waals surface area contributed by atoms with E-state index in [2.05, 4.69) is 25.7 Å². The molecule has 0 aliphatic carbocycles. The molecular formula is C13H27NO2. The van der Waals surface area contributed by atoms with Crippen LogP contribution in [0, 0.1) is 5.92 Å². The van der Waals surface area contributed by atoms with Gasteiger partial charge in [-0.25, -0.2) is 0 Å². The molecule has 3 nitrogen and oxygen atoms in total. The Bertz CT molecular complexity index is 192. The molecule has 0 aliphatic rings. The van der Waals surface area contributed by atoms with E-state index in [4.69, 9.17) is 4.74 Å². The van der Waals surface area contributed by atoms with E-state index in [9.17, 15) is 4.79 Å². The van der Waals surface area contributed by atoms with Crippen LogP contribution in [0.4, 0.5) is 0 Å². The second kappa shape index (κ2) is 8.71. The third-order valence-electron chi connectivity index (χ3n) is 2.75. The number of hydrogen-bond acceptors (Lipinski definition) is 3. The van der Waals surface area contributed by atoms with Crippen molar-refractivity contribution in [3.8, 4) is 0 Å². The molecule has 0 N–H and O–H groups in total. The third-order valence-corrected chi connectivity index (χ3v) is 2.75. The second-order valence-corrected chi connectivity index (χ2v) is 4.75. The maximum absolute atomic E-state index is 11.5. The molecule has 96 valence electrons. The lowest BCUT2D eigenvalue weighted by Crippen LogP contribution is -2.42. The molecule has 0 bridgehead atoms. The number of likely N-dealkylation sites (N-methyl/N-ethyl adjacent to an activating group) is 1. The molecule has 0 rings (SSSR count). The molecule has 0 aromatic rings. The van der Waals surface area contributed by atoms with Crippen LogP contribution in [0.25, 0.3) is 0 Å². The molecular weight excluding hydrogens is 202 g/mol. The number of carbonyl (C=O) groups is 1. The van der Waals surface area contributed by atoms with Gasteiger partial charge in [0.15, 0.2) is 0 Å². The highest BCUT2D eigenvalue weighted by atomic mass is 16.5. The van der Waals surface area contributed by atoms with Gasteiger partial charge in [0, 0.05) is 13.2 Å². The van der Waals surface area contributed by atoms with Crippen molar-refractivity contribution in [2.75, 3.05) is 26.8 Å². The number of hydrogen-bond donors (Lipinski definition) is 0. The highest BCUT2D eigenvalue weighted by molar-refractivity contribution is 5.81. The normalized spacial score (nSPS) is 13.4. The Kier molecular flexibility index (Phi) is 8.49. The van der Waals surface area contributed by atoms with E-state index in [1.54, 1.807) is 6.92 Å². The molecule has 0 heterocycles. The van der Waals surface area contributed by atoms with Crippen LogP contribution < -0.4 is 0 Å². The molecule has 0 saturated carbocycles. The van der Waals surface area contributed by atoms with Gasteiger partial charge in [-0.2, -0.15) is 0 Å². The summed E-state index contributed by atoms with van der Waals surface area (Å²) in [7, 11) is 2.00. The topological polar surface area (TPSA) is 29.5 Å². The molecule has 0 radical (unpaired) electrons. The quantitative estimate of drug-likeness (QED) is 0.568. The van der Waals surface area contributed by atoms with Crippen molar-refractivity contribution in [3.05, 3.63) is 0 Å². The zero-order valence-electron chi connectivity index (χ0n) is 11.5. The van der Waals surface area contributed by atoms with Gasteiger partial charge in [-0.3, -0.25) is 9.69 Å². The predicted octanol–water partition coefficient (Wildman–Crippen LogP) is 2.35. The van der Waals surface area contributed by atoms with Crippen molar-refractivity contribution >= 4 is 5.78 Å². The summed E-state index contributed by atoms with van der Waals surface area (Å²) in [5.41, 5.74) is 0. The van der Waals surface area contributed by atoms with Crippen molar-refractivity contribution in [2.24, 2.45) is 5.92 Å². The number of Topliss-reactive ketones (excluding diaryl/α,β-unsaturated/α-hetero) is 1. The molecule has 16 heavy (non-hydrogen) atoms. The van der Waals surface area contributed by atoms with Crippen LogP contribution in [-0.2, 0) is 9.53 Å². The largest absolute Gasteiger partial charge is 0.380 e. The lowest BCUT2D eigenvalue weighted by atomic mass is 9.99. The van der Waals surface area contributed by atoms with E-state index in [1.807, 2.05) is 7.05 Å². The Morgan fingerprint density at radius 2 is 1.94 bits per heavy atom. The second-order valence-electron chi connectivity index (χ2n) is 4.75. The van der Waals surface area contributed by atoms with Gasteiger partial charge in [-0.1, -0.05) is 27.2 Å². The molecule has 3 heteroatoms. The summed E-state index contributed by atoms with van der Waals surface area (Å²) in [6.45, 7) is 10.4. The molecule has 0 amide bonds. The molecule has 0 unspecified atom stereocenters. The van der Waals surface area contributed by atoms with Gasteiger partial charge in [0.2, 0.25) is 0 Å². The molecule has 0 aliphatic heterocycles. The van der Waals surface area contributed by atoms with Gasteiger partial charge in [0.25, 0.3) is 0 Å². The monoisotopic (exact) mass is 229 g/mol. The minimum Gasteiger partial charge on any atom is -0.380 e. The summed E-state index contributed by atoms with van der Waals surface area (Å²) in [5, 5.41) is 0. The zero-order valence-corrected chi connectivity index (χ0v) is 11.5. The lowest BCUT2D eigenvalue weighted by molar-refractivity contribution is -0.123. The van der Waals surface area contributed by atoms with E-state index < -0.39 is 0 Å². The van der Waals surface area contributed by atoms with Crippen LogP contribution in [0.2, 0.25) is 0 Å². The fraction of sp³-hybridized carbons (Fsp3) is 0.923. The number of nitrogens with zero attached hydrogens (tertiary/aromatic N) is 1. The number of ether oxygens (including phenoxy) is 1. The SMILES string of the molecule is CCCCOCCN(C)[C@H](C(C)=O)C(C)C. The molecule has 0 spiro atoms. The Morgan fingerprint density at radius 1 is 1.31 bits per heavy atom. The van der Waals surface area contributed by atoms with E-state index >= 15 is 0 Å². The summed E-state index contributed by atoms with van der Waals surface area (Å²) in [4.78, 5) is 13.6. The molecule has 0 aromatic heterocycles. The van der Waals surface area contributed by atoms with Gasteiger partial charge in [-0.05, 0) is 26.3 Å². The average molecular weight is 229 g/mol. The number of rotatable bonds is 9. The zero-order chi connectivity index (χ0) is 12.6. The first kappa shape index (κ1) is 15.6. The molecule has 1 atom stereocenters. The van der Waals surface area contributed by atoms with Gasteiger partial charge in [0.05, 0.1) is 12.6 Å². The van der Waals surface area contributed by atoms with Crippen molar-refractivity contribution in [2.45, 2.75) is 46.6 Å². The smallest absolute Gasteiger partial charge is 0.147 e. The van der Waals surface area contributed by atoms with Crippen molar-refractivity contribution in [3.63, 3.8) is 0 Å². The summed E-state index contributed by atoms with van der Waals surface area (Å²) in [5.74, 6) is 0.601.